The molecule has 0 saturated heterocycles. The van der Waals surface area contributed by atoms with Crippen molar-refractivity contribution in [3.63, 3.8) is 0 Å². The molecular weight excluding hydrogens is 833 g/mol. The first-order chi connectivity index (χ1) is 33.2. The van der Waals surface area contributed by atoms with E-state index >= 15 is 0 Å². The molecule has 0 amide bonds. The van der Waals surface area contributed by atoms with E-state index in [0.717, 1.165) is 82.8 Å². The fraction of sp³-hybridized carbons (Fsp3) is 0. The molecular formula is C62H36N4S. The van der Waals surface area contributed by atoms with E-state index in [1.54, 1.807) is 0 Å². The maximum Gasteiger partial charge on any atom is 0.0979 e. The van der Waals surface area contributed by atoms with Crippen LogP contribution in [0.1, 0.15) is 0 Å². The number of hydrogen-bond donors (Lipinski definition) is 0. The second kappa shape index (κ2) is 15.0. The lowest BCUT2D eigenvalue weighted by Gasteiger charge is -2.11. The van der Waals surface area contributed by atoms with E-state index in [0.29, 0.717) is 0 Å². The lowest BCUT2D eigenvalue weighted by Crippen LogP contribution is -1.92. The van der Waals surface area contributed by atoms with E-state index in [4.69, 9.17) is 19.9 Å². The fourth-order valence-electron chi connectivity index (χ4n) is 10.3. The molecule has 0 N–H and O–H groups in total. The van der Waals surface area contributed by atoms with Gasteiger partial charge in [0.1, 0.15) is 0 Å². The van der Waals surface area contributed by atoms with Gasteiger partial charge in [-0.3, -0.25) is 9.97 Å². The Morgan fingerprint density at radius 1 is 0.239 bits per heavy atom. The number of benzene rings is 11. The van der Waals surface area contributed by atoms with Gasteiger partial charge in [-0.25, -0.2) is 9.97 Å². The maximum absolute atomic E-state index is 5.28. The van der Waals surface area contributed by atoms with Crippen molar-refractivity contribution in [1.82, 2.24) is 19.9 Å². The summed E-state index contributed by atoms with van der Waals surface area (Å²) in [5.41, 5.74) is 14.5. The van der Waals surface area contributed by atoms with Crippen molar-refractivity contribution in [1.29, 1.82) is 0 Å². The van der Waals surface area contributed by atoms with Gasteiger partial charge in [-0.1, -0.05) is 164 Å². The molecule has 0 radical (unpaired) electrons. The molecule has 4 nitrogen and oxygen atoms in total. The van der Waals surface area contributed by atoms with Gasteiger partial charge in [0.15, 0.2) is 0 Å². The van der Waals surface area contributed by atoms with Crippen LogP contribution in [0.3, 0.4) is 0 Å². The lowest BCUT2D eigenvalue weighted by atomic mass is 9.96. The number of aromatic nitrogens is 4. The van der Waals surface area contributed by atoms with Crippen LogP contribution in [0.4, 0.5) is 0 Å². The third-order valence-corrected chi connectivity index (χ3v) is 14.7. The van der Waals surface area contributed by atoms with Gasteiger partial charge in [0.25, 0.3) is 0 Å². The molecule has 14 rings (SSSR count). The van der Waals surface area contributed by atoms with E-state index in [1.165, 1.54) is 58.4 Å². The largest absolute Gasteiger partial charge is 0.252 e. The van der Waals surface area contributed by atoms with Gasteiger partial charge in [-0.2, -0.15) is 0 Å². The Kier molecular flexibility index (Phi) is 8.42. The Morgan fingerprint density at radius 2 is 0.552 bits per heavy atom. The Morgan fingerprint density at radius 3 is 0.940 bits per heavy atom. The first kappa shape index (κ1) is 37.7. The number of rotatable bonds is 5. The monoisotopic (exact) mass is 868 g/mol. The molecule has 0 aliphatic carbocycles. The van der Waals surface area contributed by atoms with Crippen molar-refractivity contribution in [3.8, 4) is 55.9 Å². The van der Waals surface area contributed by atoms with E-state index < -0.39 is 0 Å². The molecule has 0 aliphatic heterocycles. The van der Waals surface area contributed by atoms with Gasteiger partial charge in [-0.15, -0.1) is 11.3 Å². The van der Waals surface area contributed by atoms with Crippen LogP contribution in [0.25, 0.3) is 141 Å². The van der Waals surface area contributed by atoms with Gasteiger partial charge >= 0.3 is 0 Å². The first-order valence-electron chi connectivity index (χ1n) is 22.6. The van der Waals surface area contributed by atoms with Crippen molar-refractivity contribution < 1.29 is 0 Å². The van der Waals surface area contributed by atoms with Crippen molar-refractivity contribution >= 4 is 96.7 Å². The molecule has 0 saturated carbocycles. The van der Waals surface area contributed by atoms with Crippen molar-refractivity contribution in [2.24, 2.45) is 0 Å². The summed E-state index contributed by atoms with van der Waals surface area (Å²) < 4.78 is 2.55. The van der Waals surface area contributed by atoms with E-state index in [-0.39, 0.29) is 0 Å². The lowest BCUT2D eigenvalue weighted by molar-refractivity contribution is 1.31. The zero-order chi connectivity index (χ0) is 44.0. The maximum atomic E-state index is 5.28. The minimum atomic E-state index is 0.858. The van der Waals surface area contributed by atoms with Gasteiger partial charge in [-0.05, 0) is 97.4 Å². The topological polar surface area (TPSA) is 51.6 Å². The van der Waals surface area contributed by atoms with Gasteiger partial charge in [0.2, 0.25) is 0 Å². The summed E-state index contributed by atoms with van der Waals surface area (Å²) in [5, 5.41) is 11.8. The summed E-state index contributed by atoms with van der Waals surface area (Å²) >= 11 is 1.84. The normalized spacial score (nSPS) is 11.9. The Balaban J connectivity index is 0.804. The molecule has 0 unspecified atom stereocenters. The SMILES string of the molecule is c1cc(-c2cccc(-c3cnc4c5ccccc5c5ccccc5c4n3)c2)cc(-c2ccc3sc4ccc(-c5cccc(-c6cnc7c8ccccc8c8ccccc8c7n6)c5)cc4c3c2)c1. The summed E-state index contributed by atoms with van der Waals surface area (Å²) in [6, 6.07) is 74.0. The average molecular weight is 869 g/mol. The highest BCUT2D eigenvalue weighted by atomic mass is 32.1. The summed E-state index contributed by atoms with van der Waals surface area (Å²) in [5.74, 6) is 0. The standard InChI is InChI=1S/C62H36N4S/c1-5-22-49-45(18-1)47-20-3-7-24-51(47)61-59(49)63-35-55(65-61)43-16-10-14-39(31-43)37-12-9-13-38(30-37)41-26-28-57-53(33-41)54-34-42(27-29-58(54)67-57)40-15-11-17-44(32-40)56-36-64-60-50-23-6-2-19-46(50)48-21-4-8-25-52(48)62(60)66-56/h1-36H. The molecule has 0 atom stereocenters. The third-order valence-electron chi connectivity index (χ3n) is 13.5. The van der Waals surface area contributed by atoms with Crippen LogP contribution in [0.15, 0.2) is 219 Å². The predicted molar refractivity (Wildman–Crippen MR) is 283 cm³/mol. The quantitative estimate of drug-likeness (QED) is 0.162. The van der Waals surface area contributed by atoms with Crippen LogP contribution in [-0.2, 0) is 0 Å². The minimum absolute atomic E-state index is 0.858. The van der Waals surface area contributed by atoms with Crippen LogP contribution in [0.5, 0.6) is 0 Å². The first-order valence-corrected chi connectivity index (χ1v) is 23.4. The van der Waals surface area contributed by atoms with Crippen molar-refractivity contribution in [2.45, 2.75) is 0 Å². The molecule has 0 fully saturated rings. The minimum Gasteiger partial charge on any atom is -0.252 e. The molecule has 0 aliphatic rings. The molecule has 11 aromatic carbocycles. The van der Waals surface area contributed by atoms with Crippen molar-refractivity contribution in [2.75, 3.05) is 0 Å². The van der Waals surface area contributed by atoms with Gasteiger partial charge in [0, 0.05) is 52.8 Å². The van der Waals surface area contributed by atoms with Crippen LogP contribution in [0, 0.1) is 0 Å². The summed E-state index contributed by atoms with van der Waals surface area (Å²) in [7, 11) is 0. The summed E-state index contributed by atoms with van der Waals surface area (Å²) in [6.45, 7) is 0. The molecule has 3 aromatic heterocycles. The van der Waals surface area contributed by atoms with Crippen LogP contribution >= 0.6 is 11.3 Å². The zero-order valence-electron chi connectivity index (χ0n) is 36.0. The fourth-order valence-corrected chi connectivity index (χ4v) is 11.3. The predicted octanol–water partition coefficient (Wildman–Crippen LogP) is 16.9. The van der Waals surface area contributed by atoms with E-state index in [2.05, 4.69) is 206 Å². The Labute approximate surface area is 389 Å². The zero-order valence-corrected chi connectivity index (χ0v) is 36.8. The van der Waals surface area contributed by atoms with E-state index in [9.17, 15) is 0 Å². The molecule has 14 aromatic rings. The molecule has 5 heteroatoms. The summed E-state index contributed by atoms with van der Waals surface area (Å²) in [6.07, 6.45) is 3.85. The second-order valence-corrected chi connectivity index (χ2v) is 18.4. The second-order valence-electron chi connectivity index (χ2n) is 17.4. The van der Waals surface area contributed by atoms with E-state index in [1.807, 2.05) is 23.7 Å². The molecule has 67 heavy (non-hydrogen) atoms. The van der Waals surface area contributed by atoms with Crippen LogP contribution in [-0.4, -0.2) is 19.9 Å². The van der Waals surface area contributed by atoms with Crippen molar-refractivity contribution in [3.05, 3.63) is 219 Å². The highest BCUT2D eigenvalue weighted by molar-refractivity contribution is 7.25. The van der Waals surface area contributed by atoms with Gasteiger partial charge < -0.3 is 0 Å². The summed E-state index contributed by atoms with van der Waals surface area (Å²) in [4.78, 5) is 20.6. The molecule has 310 valence electrons. The number of fused-ring (bicyclic) bond motifs is 15. The number of thiophene rings is 1. The number of nitrogens with zero attached hydrogens (tertiary/aromatic N) is 4. The molecule has 0 spiro atoms. The Hall–Kier alpha value is -8.64. The van der Waals surface area contributed by atoms with Gasteiger partial charge in [0.05, 0.1) is 45.8 Å². The number of hydrogen-bond acceptors (Lipinski definition) is 5. The molecule has 0 bridgehead atoms. The highest BCUT2D eigenvalue weighted by Crippen LogP contribution is 2.41. The Bertz CT molecular complexity index is 4290. The van der Waals surface area contributed by atoms with Crippen LogP contribution < -0.4 is 0 Å². The van der Waals surface area contributed by atoms with Crippen LogP contribution in [0.2, 0.25) is 0 Å². The highest BCUT2D eigenvalue weighted by Gasteiger charge is 2.16. The average Bonchev–Trinajstić information content (AvgIpc) is 3.78. The third kappa shape index (κ3) is 6.13. The molecule has 3 heterocycles. The smallest absolute Gasteiger partial charge is 0.0979 e.